The summed E-state index contributed by atoms with van der Waals surface area (Å²) in [6.45, 7) is 8.44. The highest BCUT2D eigenvalue weighted by molar-refractivity contribution is 9.10. The summed E-state index contributed by atoms with van der Waals surface area (Å²) in [5, 5.41) is 2.92. The molecular formula is C22H28BrNO2. The third-order valence-corrected chi connectivity index (χ3v) is 4.93. The lowest BCUT2D eigenvalue weighted by molar-refractivity contribution is -0.118. The van der Waals surface area contributed by atoms with Gasteiger partial charge in [-0.15, -0.1) is 0 Å². The summed E-state index contributed by atoms with van der Waals surface area (Å²) in [5.74, 6) is 0.964. The van der Waals surface area contributed by atoms with E-state index in [4.69, 9.17) is 4.74 Å². The Morgan fingerprint density at radius 1 is 1.19 bits per heavy atom. The first kappa shape index (κ1) is 20.5. The fraction of sp³-hybridized carbons (Fsp3) is 0.409. The number of nitrogens with one attached hydrogen (secondary N) is 1. The van der Waals surface area contributed by atoms with Gasteiger partial charge in [0.15, 0.2) is 6.61 Å². The molecule has 0 saturated heterocycles. The number of halogens is 1. The summed E-state index contributed by atoms with van der Waals surface area (Å²) in [7, 11) is 0. The van der Waals surface area contributed by atoms with Crippen LogP contribution in [0.5, 0.6) is 5.75 Å². The lowest BCUT2D eigenvalue weighted by atomic mass is 10.0. The van der Waals surface area contributed by atoms with E-state index in [2.05, 4.69) is 66.3 Å². The molecule has 140 valence electrons. The van der Waals surface area contributed by atoms with Gasteiger partial charge in [0.05, 0.1) is 5.69 Å². The Morgan fingerprint density at radius 3 is 2.62 bits per heavy atom. The van der Waals surface area contributed by atoms with Crippen molar-refractivity contribution in [2.45, 2.75) is 52.9 Å². The van der Waals surface area contributed by atoms with Crippen molar-refractivity contribution in [1.29, 1.82) is 0 Å². The highest BCUT2D eigenvalue weighted by Crippen LogP contribution is 2.28. The molecule has 0 unspecified atom stereocenters. The topological polar surface area (TPSA) is 38.3 Å². The third-order valence-electron chi connectivity index (χ3n) is 4.28. The van der Waals surface area contributed by atoms with E-state index in [-0.39, 0.29) is 12.5 Å². The number of benzene rings is 2. The molecule has 0 aromatic heterocycles. The zero-order valence-electron chi connectivity index (χ0n) is 16.1. The molecule has 2 aromatic rings. The normalized spacial score (nSPS) is 10.8. The van der Waals surface area contributed by atoms with E-state index in [9.17, 15) is 4.79 Å². The Bertz CT molecular complexity index is 756. The maximum absolute atomic E-state index is 12.3. The summed E-state index contributed by atoms with van der Waals surface area (Å²) in [6, 6.07) is 12.2. The first-order chi connectivity index (χ1) is 12.4. The van der Waals surface area contributed by atoms with Gasteiger partial charge in [-0.05, 0) is 76.5 Å². The van der Waals surface area contributed by atoms with Crippen molar-refractivity contribution >= 4 is 27.5 Å². The van der Waals surface area contributed by atoms with Gasteiger partial charge in [0.2, 0.25) is 0 Å². The van der Waals surface area contributed by atoms with Crippen molar-refractivity contribution in [2.24, 2.45) is 0 Å². The van der Waals surface area contributed by atoms with Crippen LogP contribution in [-0.2, 0) is 11.2 Å². The molecular weight excluding hydrogens is 390 g/mol. The third kappa shape index (κ3) is 5.87. The molecule has 2 aromatic carbocycles. The van der Waals surface area contributed by atoms with Crippen LogP contribution in [0, 0.1) is 6.92 Å². The Labute approximate surface area is 165 Å². The molecule has 0 aliphatic carbocycles. The van der Waals surface area contributed by atoms with Crippen LogP contribution in [-0.4, -0.2) is 12.5 Å². The second kappa shape index (κ2) is 9.77. The number of unbranched alkanes of at least 4 members (excludes halogenated alkanes) is 1. The molecule has 0 saturated carbocycles. The quantitative estimate of drug-likeness (QED) is 0.551. The number of rotatable bonds is 8. The molecule has 3 nitrogen and oxygen atoms in total. The number of anilines is 1. The van der Waals surface area contributed by atoms with Gasteiger partial charge in [0.25, 0.3) is 5.91 Å². The molecule has 1 N–H and O–H groups in total. The second-order valence-electron chi connectivity index (χ2n) is 6.95. The molecule has 1 amide bonds. The lowest BCUT2D eigenvalue weighted by Crippen LogP contribution is -2.21. The molecule has 4 heteroatoms. The smallest absolute Gasteiger partial charge is 0.262 e. The van der Waals surface area contributed by atoms with Crippen molar-refractivity contribution < 1.29 is 9.53 Å². The van der Waals surface area contributed by atoms with Crippen LogP contribution in [0.2, 0.25) is 0 Å². The van der Waals surface area contributed by atoms with E-state index in [0.717, 1.165) is 33.5 Å². The minimum absolute atomic E-state index is 0.00675. The van der Waals surface area contributed by atoms with Gasteiger partial charge in [-0.3, -0.25) is 4.79 Å². The van der Waals surface area contributed by atoms with Gasteiger partial charge in [0, 0.05) is 4.47 Å². The first-order valence-electron chi connectivity index (χ1n) is 9.22. The average Bonchev–Trinajstić information content (AvgIpc) is 2.60. The predicted molar refractivity (Wildman–Crippen MR) is 112 cm³/mol. The van der Waals surface area contributed by atoms with Gasteiger partial charge in [-0.25, -0.2) is 0 Å². The Morgan fingerprint density at radius 2 is 1.96 bits per heavy atom. The van der Waals surface area contributed by atoms with Crippen molar-refractivity contribution in [2.75, 3.05) is 11.9 Å². The maximum Gasteiger partial charge on any atom is 0.262 e. The van der Waals surface area contributed by atoms with E-state index < -0.39 is 0 Å². The van der Waals surface area contributed by atoms with Gasteiger partial charge in [-0.1, -0.05) is 45.4 Å². The number of hydrogen-bond donors (Lipinski definition) is 1. The fourth-order valence-electron chi connectivity index (χ4n) is 2.77. The summed E-state index contributed by atoms with van der Waals surface area (Å²) >= 11 is 3.55. The Balaban J connectivity index is 1.98. The lowest BCUT2D eigenvalue weighted by Gasteiger charge is -2.15. The first-order valence-corrected chi connectivity index (χ1v) is 10.0. The van der Waals surface area contributed by atoms with Gasteiger partial charge >= 0.3 is 0 Å². The SMILES string of the molecule is CCCCc1ccc(NC(=O)COc2cc(C)ccc2C(C)C)c(Br)c1. The van der Waals surface area contributed by atoms with Crippen LogP contribution in [0.15, 0.2) is 40.9 Å². The van der Waals surface area contributed by atoms with E-state index in [1.807, 2.05) is 19.1 Å². The largest absolute Gasteiger partial charge is 0.483 e. The molecule has 0 spiro atoms. The summed E-state index contributed by atoms with van der Waals surface area (Å²) < 4.78 is 6.70. The Hall–Kier alpha value is -1.81. The van der Waals surface area contributed by atoms with Crippen LogP contribution in [0.4, 0.5) is 5.69 Å². The number of carbonyl (C=O) groups is 1. The number of hydrogen-bond acceptors (Lipinski definition) is 2. The molecule has 0 radical (unpaired) electrons. The van der Waals surface area contributed by atoms with E-state index in [1.54, 1.807) is 0 Å². The van der Waals surface area contributed by atoms with Crippen molar-refractivity contribution in [1.82, 2.24) is 0 Å². The summed E-state index contributed by atoms with van der Waals surface area (Å²) in [6.07, 6.45) is 3.39. The number of ether oxygens (including phenoxy) is 1. The summed E-state index contributed by atoms with van der Waals surface area (Å²) in [5.41, 5.74) is 4.28. The van der Waals surface area contributed by atoms with Gasteiger partial charge in [0.1, 0.15) is 5.75 Å². The standard InChI is InChI=1S/C22H28BrNO2/c1-5-6-7-17-9-11-20(19(23)13-17)24-22(25)14-26-21-12-16(4)8-10-18(21)15(2)3/h8-13,15H,5-7,14H2,1-4H3,(H,24,25). The van der Waals surface area contributed by atoms with Gasteiger partial charge in [-0.2, -0.15) is 0 Å². The highest BCUT2D eigenvalue weighted by Gasteiger charge is 2.11. The number of aryl methyl sites for hydroxylation is 2. The van der Waals surface area contributed by atoms with Crippen molar-refractivity contribution in [3.63, 3.8) is 0 Å². The van der Waals surface area contributed by atoms with Crippen molar-refractivity contribution in [3.8, 4) is 5.75 Å². The average molecular weight is 418 g/mol. The molecule has 0 fully saturated rings. The van der Waals surface area contributed by atoms with E-state index >= 15 is 0 Å². The number of amides is 1. The van der Waals surface area contributed by atoms with Gasteiger partial charge < -0.3 is 10.1 Å². The van der Waals surface area contributed by atoms with Crippen LogP contribution >= 0.6 is 15.9 Å². The minimum atomic E-state index is -0.164. The Kier molecular flexibility index (Phi) is 7.70. The monoisotopic (exact) mass is 417 g/mol. The fourth-order valence-corrected chi connectivity index (χ4v) is 3.29. The maximum atomic E-state index is 12.3. The molecule has 0 heterocycles. The molecule has 2 rings (SSSR count). The van der Waals surface area contributed by atoms with Crippen LogP contribution < -0.4 is 10.1 Å². The van der Waals surface area contributed by atoms with Crippen LogP contribution in [0.1, 0.15) is 56.2 Å². The molecule has 0 aliphatic heterocycles. The molecule has 0 atom stereocenters. The van der Waals surface area contributed by atoms with Crippen LogP contribution in [0.3, 0.4) is 0 Å². The van der Waals surface area contributed by atoms with Crippen molar-refractivity contribution in [3.05, 3.63) is 57.6 Å². The van der Waals surface area contributed by atoms with E-state index in [1.165, 1.54) is 18.4 Å². The second-order valence-corrected chi connectivity index (χ2v) is 7.80. The van der Waals surface area contributed by atoms with E-state index in [0.29, 0.717) is 5.92 Å². The zero-order chi connectivity index (χ0) is 19.1. The zero-order valence-corrected chi connectivity index (χ0v) is 17.7. The van der Waals surface area contributed by atoms with Crippen LogP contribution in [0.25, 0.3) is 0 Å². The predicted octanol–water partition coefficient (Wildman–Crippen LogP) is 6.24. The number of carbonyl (C=O) groups excluding carboxylic acids is 1. The highest BCUT2D eigenvalue weighted by atomic mass is 79.9. The molecule has 0 bridgehead atoms. The molecule has 0 aliphatic rings. The molecule has 26 heavy (non-hydrogen) atoms. The summed E-state index contributed by atoms with van der Waals surface area (Å²) in [4.78, 5) is 12.3. The minimum Gasteiger partial charge on any atom is -0.483 e.